The van der Waals surface area contributed by atoms with Gasteiger partial charge < -0.3 is 19.9 Å². The molecular formula is C18H35N5OS. The number of morpholine rings is 1. The normalized spacial score (nSPS) is 31.9. The van der Waals surface area contributed by atoms with E-state index >= 15 is 0 Å². The first-order chi connectivity index (χ1) is 12.1. The highest BCUT2D eigenvalue weighted by atomic mass is 32.2. The van der Waals surface area contributed by atoms with Gasteiger partial charge in [-0.05, 0) is 39.6 Å². The molecule has 0 amide bonds. The Morgan fingerprint density at radius 3 is 2.76 bits per heavy atom. The van der Waals surface area contributed by atoms with Gasteiger partial charge in [0.25, 0.3) is 0 Å². The molecule has 0 radical (unpaired) electrons. The van der Waals surface area contributed by atoms with Gasteiger partial charge in [0.05, 0.1) is 19.8 Å². The Labute approximate surface area is 157 Å². The van der Waals surface area contributed by atoms with Crippen molar-refractivity contribution in [2.45, 2.75) is 31.3 Å². The van der Waals surface area contributed by atoms with E-state index in [2.05, 4.69) is 52.8 Å². The lowest BCUT2D eigenvalue weighted by Gasteiger charge is -2.35. The molecule has 6 nitrogen and oxygen atoms in total. The molecule has 3 aliphatic rings. The van der Waals surface area contributed by atoms with Gasteiger partial charge in [-0.2, -0.15) is 11.8 Å². The minimum absolute atomic E-state index is 0.231. The second-order valence-electron chi connectivity index (χ2n) is 7.63. The number of hydrogen-bond donors (Lipinski definition) is 1. The maximum absolute atomic E-state index is 5.50. The third-order valence-electron chi connectivity index (χ3n) is 5.91. The SMILES string of the molecule is CCNC(=NCC1(N(C)C)CCSC1)N1CCC(N2CCOCC2)C1. The Morgan fingerprint density at radius 1 is 1.32 bits per heavy atom. The summed E-state index contributed by atoms with van der Waals surface area (Å²) in [5, 5.41) is 3.54. The Bertz CT molecular complexity index is 447. The zero-order chi connectivity index (χ0) is 17.7. The second kappa shape index (κ2) is 8.93. The number of nitrogens with zero attached hydrogens (tertiary/aromatic N) is 4. The quantitative estimate of drug-likeness (QED) is 0.571. The lowest BCUT2D eigenvalue weighted by atomic mass is 9.98. The molecular weight excluding hydrogens is 334 g/mol. The van der Waals surface area contributed by atoms with Crippen molar-refractivity contribution >= 4 is 17.7 Å². The van der Waals surface area contributed by atoms with Gasteiger partial charge in [-0.3, -0.25) is 9.89 Å². The molecule has 3 rings (SSSR count). The number of likely N-dealkylation sites (tertiary alicyclic amines) is 1. The average molecular weight is 370 g/mol. The first kappa shape index (κ1) is 19.3. The Hall–Kier alpha value is -0.500. The first-order valence-corrected chi connectivity index (χ1v) is 10.9. The standard InChI is InChI=1S/C18H35N5OS/c1-4-19-17(20-14-18(21(2)3)6-12-25-15-18)23-7-5-16(13-23)22-8-10-24-11-9-22/h16H,4-15H2,1-3H3,(H,19,20). The number of ether oxygens (including phenoxy) is 1. The topological polar surface area (TPSA) is 43.3 Å². The zero-order valence-electron chi connectivity index (χ0n) is 16.2. The van der Waals surface area contributed by atoms with Gasteiger partial charge in [0.2, 0.25) is 0 Å². The molecule has 3 aliphatic heterocycles. The van der Waals surface area contributed by atoms with Crippen LogP contribution in [0.5, 0.6) is 0 Å². The molecule has 0 aromatic carbocycles. The van der Waals surface area contributed by atoms with Crippen molar-refractivity contribution in [3.8, 4) is 0 Å². The van der Waals surface area contributed by atoms with Crippen molar-refractivity contribution in [1.82, 2.24) is 20.0 Å². The molecule has 2 unspecified atom stereocenters. The monoisotopic (exact) mass is 369 g/mol. The van der Waals surface area contributed by atoms with Crippen molar-refractivity contribution < 1.29 is 4.74 Å². The fourth-order valence-corrected chi connectivity index (χ4v) is 5.58. The van der Waals surface area contributed by atoms with E-state index in [9.17, 15) is 0 Å². The number of thioether (sulfide) groups is 1. The number of aliphatic imine (C=N–C) groups is 1. The van der Waals surface area contributed by atoms with Crippen LogP contribution in [0.1, 0.15) is 19.8 Å². The third-order valence-corrected chi connectivity index (χ3v) is 7.15. The lowest BCUT2D eigenvalue weighted by molar-refractivity contribution is 0.0195. The molecule has 0 aliphatic carbocycles. The lowest BCUT2D eigenvalue weighted by Crippen LogP contribution is -2.49. The van der Waals surface area contributed by atoms with Gasteiger partial charge in [0.15, 0.2) is 5.96 Å². The van der Waals surface area contributed by atoms with Gasteiger partial charge in [0.1, 0.15) is 0 Å². The fourth-order valence-electron chi connectivity index (χ4n) is 4.04. The van der Waals surface area contributed by atoms with Gasteiger partial charge >= 0.3 is 0 Å². The predicted molar refractivity (Wildman–Crippen MR) is 107 cm³/mol. The maximum atomic E-state index is 5.50. The summed E-state index contributed by atoms with van der Waals surface area (Å²) >= 11 is 2.06. The summed E-state index contributed by atoms with van der Waals surface area (Å²) in [4.78, 5) is 12.5. The molecule has 7 heteroatoms. The molecule has 3 heterocycles. The van der Waals surface area contributed by atoms with Crippen molar-refractivity contribution in [2.75, 3.05) is 78.1 Å². The summed E-state index contributed by atoms with van der Waals surface area (Å²) in [6.07, 6.45) is 2.48. The highest BCUT2D eigenvalue weighted by Gasteiger charge is 2.37. The molecule has 25 heavy (non-hydrogen) atoms. The van der Waals surface area contributed by atoms with Crippen LogP contribution in [0.2, 0.25) is 0 Å². The van der Waals surface area contributed by atoms with E-state index in [0.29, 0.717) is 6.04 Å². The van der Waals surface area contributed by atoms with Crippen molar-refractivity contribution in [2.24, 2.45) is 4.99 Å². The summed E-state index contributed by atoms with van der Waals surface area (Å²) in [5.74, 6) is 3.56. The Morgan fingerprint density at radius 2 is 2.12 bits per heavy atom. The van der Waals surface area contributed by atoms with E-state index in [1.807, 2.05) is 0 Å². The summed E-state index contributed by atoms with van der Waals surface area (Å²) < 4.78 is 5.50. The van der Waals surface area contributed by atoms with Gasteiger partial charge in [-0.1, -0.05) is 0 Å². The van der Waals surface area contributed by atoms with Crippen molar-refractivity contribution in [3.63, 3.8) is 0 Å². The predicted octanol–water partition coefficient (Wildman–Crippen LogP) is 0.796. The van der Waals surface area contributed by atoms with Crippen LogP contribution in [0.25, 0.3) is 0 Å². The van der Waals surface area contributed by atoms with Crippen LogP contribution in [0.4, 0.5) is 0 Å². The van der Waals surface area contributed by atoms with Gasteiger partial charge in [0, 0.05) is 50.1 Å². The van der Waals surface area contributed by atoms with Crippen LogP contribution in [-0.4, -0.2) is 110 Å². The van der Waals surface area contributed by atoms with E-state index in [4.69, 9.17) is 9.73 Å². The van der Waals surface area contributed by atoms with Crippen LogP contribution in [-0.2, 0) is 4.74 Å². The van der Waals surface area contributed by atoms with E-state index in [1.54, 1.807) is 0 Å². The van der Waals surface area contributed by atoms with Crippen molar-refractivity contribution in [1.29, 1.82) is 0 Å². The van der Waals surface area contributed by atoms with Crippen LogP contribution in [0, 0.1) is 0 Å². The molecule has 3 fully saturated rings. The molecule has 0 saturated carbocycles. The first-order valence-electron chi connectivity index (χ1n) is 9.75. The molecule has 144 valence electrons. The van der Waals surface area contributed by atoms with E-state index in [0.717, 1.165) is 58.4 Å². The van der Waals surface area contributed by atoms with Crippen molar-refractivity contribution in [3.05, 3.63) is 0 Å². The highest BCUT2D eigenvalue weighted by Crippen LogP contribution is 2.32. The number of rotatable bonds is 5. The fraction of sp³-hybridized carbons (Fsp3) is 0.944. The average Bonchev–Trinajstić information content (AvgIpc) is 3.30. The number of nitrogens with one attached hydrogen (secondary N) is 1. The molecule has 2 atom stereocenters. The number of hydrogen-bond acceptors (Lipinski definition) is 5. The van der Waals surface area contributed by atoms with E-state index in [-0.39, 0.29) is 5.54 Å². The van der Waals surface area contributed by atoms with Crippen LogP contribution < -0.4 is 5.32 Å². The minimum Gasteiger partial charge on any atom is -0.379 e. The second-order valence-corrected chi connectivity index (χ2v) is 8.73. The molecule has 0 aromatic heterocycles. The third kappa shape index (κ3) is 4.62. The Kier molecular flexibility index (Phi) is 6.88. The van der Waals surface area contributed by atoms with Crippen LogP contribution >= 0.6 is 11.8 Å². The molecule has 0 aromatic rings. The van der Waals surface area contributed by atoms with E-state index < -0.39 is 0 Å². The molecule has 1 N–H and O–H groups in total. The Balaban J connectivity index is 1.62. The number of likely N-dealkylation sites (N-methyl/N-ethyl adjacent to an activating group) is 1. The van der Waals surface area contributed by atoms with Gasteiger partial charge in [-0.25, -0.2) is 0 Å². The number of guanidine groups is 1. The van der Waals surface area contributed by atoms with Crippen LogP contribution in [0.3, 0.4) is 0 Å². The summed E-state index contributed by atoms with van der Waals surface area (Å²) in [6.45, 7) is 10.1. The summed E-state index contributed by atoms with van der Waals surface area (Å²) in [6, 6.07) is 0.651. The van der Waals surface area contributed by atoms with E-state index in [1.165, 1.54) is 24.3 Å². The molecule has 0 spiro atoms. The van der Waals surface area contributed by atoms with Gasteiger partial charge in [-0.15, -0.1) is 0 Å². The van der Waals surface area contributed by atoms with Crippen LogP contribution in [0.15, 0.2) is 4.99 Å². The summed E-state index contributed by atoms with van der Waals surface area (Å²) in [7, 11) is 4.41. The maximum Gasteiger partial charge on any atom is 0.194 e. The largest absolute Gasteiger partial charge is 0.379 e. The molecule has 3 saturated heterocycles. The summed E-state index contributed by atoms with van der Waals surface area (Å²) in [5.41, 5.74) is 0.231. The smallest absolute Gasteiger partial charge is 0.194 e. The minimum atomic E-state index is 0.231. The molecule has 0 bridgehead atoms. The zero-order valence-corrected chi connectivity index (χ0v) is 17.0. The highest BCUT2D eigenvalue weighted by molar-refractivity contribution is 7.99.